The number of esters is 2. The summed E-state index contributed by atoms with van der Waals surface area (Å²) in [5.74, 6) is 2.18. The Hall–Kier alpha value is -4.84. The number of carbonyl (C=O) groups is 2. The molecule has 3 aliphatic rings. The van der Waals surface area contributed by atoms with Gasteiger partial charge in [0.25, 0.3) is 0 Å². The van der Waals surface area contributed by atoms with Crippen molar-refractivity contribution < 1.29 is 28.5 Å². The van der Waals surface area contributed by atoms with Crippen LogP contribution in [0.1, 0.15) is 120 Å². The molecule has 1 saturated carbocycles. The van der Waals surface area contributed by atoms with E-state index in [2.05, 4.69) is 26.0 Å². The average Bonchev–Trinajstić information content (AvgIpc) is 3.75. The van der Waals surface area contributed by atoms with Gasteiger partial charge in [0, 0.05) is 35.1 Å². The maximum atomic E-state index is 13.2. The topological polar surface area (TPSA) is 71.1 Å². The smallest absolute Gasteiger partial charge is 0.336 e. The highest BCUT2D eigenvalue weighted by atomic mass is 16.5. The van der Waals surface area contributed by atoms with Crippen LogP contribution in [-0.4, -0.2) is 25.2 Å². The van der Waals surface area contributed by atoms with Gasteiger partial charge in [0.05, 0.1) is 13.2 Å². The highest BCUT2D eigenvalue weighted by molar-refractivity contribution is 5.89. The summed E-state index contributed by atoms with van der Waals surface area (Å²) >= 11 is 0. The summed E-state index contributed by atoms with van der Waals surface area (Å²) in [4.78, 5) is 26.5. The molecule has 6 rings (SSSR count). The Morgan fingerprint density at radius 1 is 0.660 bits per heavy atom. The normalized spacial score (nSPS) is 17.7. The van der Waals surface area contributed by atoms with Crippen molar-refractivity contribution in [3.63, 3.8) is 0 Å². The van der Waals surface area contributed by atoms with Gasteiger partial charge in [-0.15, -0.1) is 0 Å². The van der Waals surface area contributed by atoms with Crippen LogP contribution >= 0.6 is 0 Å². The lowest BCUT2D eigenvalue weighted by Crippen LogP contribution is -2.25. The molecule has 278 valence electrons. The van der Waals surface area contributed by atoms with E-state index in [0.717, 1.165) is 84.5 Å². The first kappa shape index (κ1) is 37.9. The Bertz CT molecular complexity index is 1830. The minimum Gasteiger partial charge on any atom is -0.494 e. The lowest BCUT2D eigenvalue weighted by molar-refractivity contribution is -0.134. The third kappa shape index (κ3) is 9.78. The third-order valence-corrected chi connectivity index (χ3v) is 10.6. The second-order valence-electron chi connectivity index (χ2n) is 14.4. The minimum atomic E-state index is -0.425. The van der Waals surface area contributed by atoms with Gasteiger partial charge < -0.3 is 18.9 Å². The zero-order valence-corrected chi connectivity index (χ0v) is 31.5. The molecule has 6 nitrogen and oxygen atoms in total. The minimum absolute atomic E-state index is 0.361. The number of ether oxygens (including phenoxy) is 4. The number of unbranched alkanes of at least 4 members (excludes halogenated alkanes) is 6. The van der Waals surface area contributed by atoms with Crippen LogP contribution in [0.15, 0.2) is 102 Å². The number of hydrogen-bond acceptors (Lipinski definition) is 6. The van der Waals surface area contributed by atoms with E-state index in [-0.39, 0.29) is 11.4 Å². The van der Waals surface area contributed by atoms with E-state index in [0.29, 0.717) is 25.4 Å². The van der Waals surface area contributed by atoms with Crippen LogP contribution in [0.4, 0.5) is 0 Å². The molecule has 0 N–H and O–H groups in total. The highest BCUT2D eigenvalue weighted by Gasteiger charge is 2.51. The molecule has 1 fully saturated rings. The maximum absolute atomic E-state index is 13.2. The summed E-state index contributed by atoms with van der Waals surface area (Å²) in [7, 11) is 0. The average molecular weight is 715 g/mol. The number of hydrogen-bond donors (Lipinski definition) is 0. The SMILES string of the molecule is CCCCCCOc1ccc(C=CC(=O)OC2=C3C(=CCC2)CC[C@@]32CCc3cccc(OC(=O)C=Cc4ccc(OCCCCCC)cc4)c32)cc1. The molecule has 0 heterocycles. The summed E-state index contributed by atoms with van der Waals surface area (Å²) in [6.45, 7) is 5.83. The molecule has 0 amide bonds. The summed E-state index contributed by atoms with van der Waals surface area (Å²) < 4.78 is 24.0. The van der Waals surface area contributed by atoms with Crippen LogP contribution < -0.4 is 14.2 Å². The Balaban J connectivity index is 1.11. The van der Waals surface area contributed by atoms with Gasteiger partial charge in [0.2, 0.25) is 0 Å². The van der Waals surface area contributed by atoms with Crippen molar-refractivity contribution in [2.24, 2.45) is 0 Å². The van der Waals surface area contributed by atoms with Crippen LogP contribution in [0.3, 0.4) is 0 Å². The molecular formula is C47H54O6. The molecule has 1 atom stereocenters. The molecule has 6 heteroatoms. The number of aryl methyl sites for hydroxylation is 1. The summed E-state index contributed by atoms with van der Waals surface area (Å²) in [6.07, 6.45) is 23.2. The Morgan fingerprint density at radius 3 is 1.85 bits per heavy atom. The van der Waals surface area contributed by atoms with Crippen LogP contribution in [0.2, 0.25) is 0 Å². The van der Waals surface area contributed by atoms with Crippen LogP contribution in [-0.2, 0) is 26.2 Å². The van der Waals surface area contributed by atoms with E-state index in [1.807, 2.05) is 60.7 Å². The molecule has 1 spiro atoms. The lowest BCUT2D eigenvalue weighted by atomic mass is 9.74. The number of benzene rings is 3. The van der Waals surface area contributed by atoms with Crippen molar-refractivity contribution in [3.8, 4) is 17.2 Å². The van der Waals surface area contributed by atoms with Crippen molar-refractivity contribution in [2.75, 3.05) is 13.2 Å². The second kappa shape index (κ2) is 18.8. The molecule has 3 aromatic carbocycles. The molecule has 0 aliphatic heterocycles. The lowest BCUT2D eigenvalue weighted by Gasteiger charge is -2.31. The van der Waals surface area contributed by atoms with Crippen molar-refractivity contribution in [3.05, 3.63) is 124 Å². The predicted molar refractivity (Wildman–Crippen MR) is 212 cm³/mol. The van der Waals surface area contributed by atoms with Crippen LogP contribution in [0.25, 0.3) is 12.2 Å². The molecule has 0 bridgehead atoms. The number of carbonyl (C=O) groups excluding carboxylic acids is 2. The number of allylic oxidation sites excluding steroid dienone is 4. The fourth-order valence-corrected chi connectivity index (χ4v) is 7.96. The molecule has 0 unspecified atom stereocenters. The van der Waals surface area contributed by atoms with E-state index >= 15 is 0 Å². The zero-order chi connectivity index (χ0) is 36.9. The molecule has 3 aliphatic carbocycles. The Kier molecular flexibility index (Phi) is 13.4. The van der Waals surface area contributed by atoms with Crippen molar-refractivity contribution in [1.82, 2.24) is 0 Å². The van der Waals surface area contributed by atoms with E-state index in [1.165, 1.54) is 61.8 Å². The van der Waals surface area contributed by atoms with Gasteiger partial charge in [-0.1, -0.05) is 94.8 Å². The third-order valence-electron chi connectivity index (χ3n) is 10.6. The number of fused-ring (bicyclic) bond motifs is 4. The highest BCUT2D eigenvalue weighted by Crippen LogP contribution is 2.60. The van der Waals surface area contributed by atoms with Crippen molar-refractivity contribution in [1.29, 1.82) is 0 Å². The van der Waals surface area contributed by atoms with E-state index < -0.39 is 5.97 Å². The Morgan fingerprint density at radius 2 is 1.25 bits per heavy atom. The Labute approximate surface area is 315 Å². The van der Waals surface area contributed by atoms with Crippen molar-refractivity contribution in [2.45, 2.75) is 109 Å². The van der Waals surface area contributed by atoms with Gasteiger partial charge in [0.15, 0.2) is 0 Å². The predicted octanol–water partition coefficient (Wildman–Crippen LogP) is 11.4. The fraction of sp³-hybridized carbons (Fsp3) is 0.404. The van der Waals surface area contributed by atoms with E-state index in [1.54, 1.807) is 12.2 Å². The molecule has 3 aromatic rings. The maximum Gasteiger partial charge on any atom is 0.336 e. The summed E-state index contributed by atoms with van der Waals surface area (Å²) in [5, 5.41) is 0. The number of rotatable bonds is 18. The summed E-state index contributed by atoms with van der Waals surface area (Å²) in [5.41, 5.74) is 6.03. The van der Waals surface area contributed by atoms with Crippen molar-refractivity contribution >= 4 is 24.1 Å². The standard InChI is InChI=1S/C47H54O6/c1-3-5-7-9-33-50-39-23-17-35(18-24-39)21-27-43(48)52-41-15-11-13-37-29-31-47(45(37)41)32-30-38-14-12-16-42(46(38)47)53-44(49)28-22-36-19-25-40(26-20-36)51-34-10-8-6-4-2/h11,13-15,17-28H,3-10,12,16,29-34H2,1-2H3/t47-/m1/s1. The first-order valence-corrected chi connectivity index (χ1v) is 19.8. The molecular weight excluding hydrogens is 661 g/mol. The largest absolute Gasteiger partial charge is 0.494 e. The summed E-state index contributed by atoms with van der Waals surface area (Å²) in [6, 6.07) is 21.5. The van der Waals surface area contributed by atoms with Crippen LogP contribution in [0.5, 0.6) is 17.2 Å². The van der Waals surface area contributed by atoms with Gasteiger partial charge >= 0.3 is 11.9 Å². The quantitative estimate of drug-likeness (QED) is 0.0565. The molecule has 0 saturated heterocycles. The fourth-order valence-electron chi connectivity index (χ4n) is 7.96. The first-order valence-electron chi connectivity index (χ1n) is 19.8. The monoisotopic (exact) mass is 714 g/mol. The molecule has 53 heavy (non-hydrogen) atoms. The van der Waals surface area contributed by atoms with E-state index in [4.69, 9.17) is 18.9 Å². The van der Waals surface area contributed by atoms with E-state index in [9.17, 15) is 9.59 Å². The van der Waals surface area contributed by atoms with Gasteiger partial charge in [-0.2, -0.15) is 0 Å². The van der Waals surface area contributed by atoms with Gasteiger partial charge in [-0.05, 0) is 110 Å². The first-order chi connectivity index (χ1) is 26.0. The molecule has 0 radical (unpaired) electrons. The van der Waals surface area contributed by atoms with Gasteiger partial charge in [0.1, 0.15) is 23.0 Å². The van der Waals surface area contributed by atoms with Gasteiger partial charge in [-0.3, -0.25) is 0 Å². The second-order valence-corrected chi connectivity index (χ2v) is 14.4. The zero-order valence-electron chi connectivity index (χ0n) is 31.5. The van der Waals surface area contributed by atoms with Gasteiger partial charge in [-0.25, -0.2) is 9.59 Å². The van der Waals surface area contributed by atoms with Crippen LogP contribution in [0, 0.1) is 0 Å². The molecule has 0 aromatic heterocycles.